The Kier molecular flexibility index (Phi) is 2.71. The molecule has 3 nitrogen and oxygen atoms in total. The van der Waals surface area contributed by atoms with Gasteiger partial charge in [-0.15, -0.1) is 0 Å². The predicted octanol–water partition coefficient (Wildman–Crippen LogP) is 1.75. The number of amides is 2. The molecular formula is C10H17N2O. The third-order valence-corrected chi connectivity index (χ3v) is 3.07. The molecule has 1 saturated heterocycles. The summed E-state index contributed by atoms with van der Waals surface area (Å²) >= 11 is 0. The van der Waals surface area contributed by atoms with Crippen LogP contribution in [0.25, 0.3) is 0 Å². The van der Waals surface area contributed by atoms with Gasteiger partial charge in [0, 0.05) is 19.1 Å². The number of nitrogens with zero attached hydrogens (tertiary/aromatic N) is 2. The monoisotopic (exact) mass is 181 g/mol. The van der Waals surface area contributed by atoms with Gasteiger partial charge in [0.25, 0.3) is 0 Å². The van der Waals surface area contributed by atoms with Crippen LogP contribution >= 0.6 is 0 Å². The minimum absolute atomic E-state index is 0.0400. The molecule has 0 spiro atoms. The Morgan fingerprint density at radius 2 is 1.92 bits per heavy atom. The number of urea groups is 1. The second-order valence-corrected chi connectivity index (χ2v) is 4.00. The number of carbonyl (C=O) groups excluding carboxylic acids is 1. The van der Waals surface area contributed by atoms with Gasteiger partial charge in [0.1, 0.15) is 0 Å². The maximum Gasteiger partial charge on any atom is 0.339 e. The van der Waals surface area contributed by atoms with Crippen LogP contribution < -0.4 is 5.32 Å². The Bertz CT molecular complexity index is 187. The van der Waals surface area contributed by atoms with Crippen molar-refractivity contribution in [3.8, 4) is 0 Å². The molecule has 0 unspecified atom stereocenters. The summed E-state index contributed by atoms with van der Waals surface area (Å²) in [6, 6.07) is 0.545. The summed E-state index contributed by atoms with van der Waals surface area (Å²) in [5.41, 5.74) is 0. The first-order valence-electron chi connectivity index (χ1n) is 5.36. The van der Waals surface area contributed by atoms with Crippen LogP contribution in [0.2, 0.25) is 0 Å². The van der Waals surface area contributed by atoms with E-state index in [1.54, 1.807) is 0 Å². The lowest BCUT2D eigenvalue weighted by atomic mass is 9.94. The fourth-order valence-electron chi connectivity index (χ4n) is 2.33. The van der Waals surface area contributed by atoms with Crippen molar-refractivity contribution in [2.24, 2.45) is 0 Å². The van der Waals surface area contributed by atoms with Gasteiger partial charge in [-0.1, -0.05) is 19.3 Å². The van der Waals surface area contributed by atoms with Crippen molar-refractivity contribution in [3.63, 3.8) is 0 Å². The van der Waals surface area contributed by atoms with Crippen molar-refractivity contribution in [3.05, 3.63) is 0 Å². The Morgan fingerprint density at radius 3 is 2.62 bits per heavy atom. The van der Waals surface area contributed by atoms with Gasteiger partial charge in [0.15, 0.2) is 0 Å². The van der Waals surface area contributed by atoms with Gasteiger partial charge in [-0.3, -0.25) is 0 Å². The molecule has 0 bridgehead atoms. The molecule has 2 fully saturated rings. The van der Waals surface area contributed by atoms with E-state index in [0.29, 0.717) is 6.04 Å². The predicted molar refractivity (Wildman–Crippen MR) is 50.6 cm³/mol. The summed E-state index contributed by atoms with van der Waals surface area (Å²) in [7, 11) is 0. The lowest BCUT2D eigenvalue weighted by Crippen LogP contribution is -2.48. The highest BCUT2D eigenvalue weighted by Crippen LogP contribution is 2.23. The van der Waals surface area contributed by atoms with Crippen LogP contribution in [0.4, 0.5) is 4.79 Å². The third kappa shape index (κ3) is 1.95. The summed E-state index contributed by atoms with van der Waals surface area (Å²) in [6.07, 6.45) is 7.36. The summed E-state index contributed by atoms with van der Waals surface area (Å²) < 4.78 is 0. The summed E-state index contributed by atoms with van der Waals surface area (Å²) in [5, 5.41) is 3.97. The van der Waals surface area contributed by atoms with Crippen molar-refractivity contribution < 1.29 is 4.79 Å². The Labute approximate surface area is 79.5 Å². The zero-order valence-electron chi connectivity index (χ0n) is 8.04. The van der Waals surface area contributed by atoms with Crippen LogP contribution in [0.5, 0.6) is 0 Å². The quantitative estimate of drug-likeness (QED) is 0.607. The Hall–Kier alpha value is -0.730. The van der Waals surface area contributed by atoms with E-state index in [1.807, 2.05) is 4.90 Å². The number of hydrogen-bond donors (Lipinski definition) is 0. The van der Waals surface area contributed by atoms with E-state index in [1.165, 1.54) is 32.1 Å². The fourth-order valence-corrected chi connectivity index (χ4v) is 2.33. The topological polar surface area (TPSA) is 34.4 Å². The molecule has 1 radical (unpaired) electrons. The second-order valence-electron chi connectivity index (χ2n) is 4.00. The molecule has 2 aliphatic rings. The van der Waals surface area contributed by atoms with Crippen molar-refractivity contribution >= 4 is 6.03 Å². The van der Waals surface area contributed by atoms with Crippen molar-refractivity contribution in [2.75, 3.05) is 13.1 Å². The first kappa shape index (κ1) is 8.85. The van der Waals surface area contributed by atoms with Crippen LogP contribution in [0.15, 0.2) is 0 Å². The molecule has 0 atom stereocenters. The average molecular weight is 181 g/mol. The molecule has 1 saturated carbocycles. The van der Waals surface area contributed by atoms with Gasteiger partial charge in [0.05, 0.1) is 0 Å². The number of rotatable bonds is 1. The van der Waals surface area contributed by atoms with Crippen molar-refractivity contribution in [1.82, 2.24) is 10.2 Å². The first-order valence-corrected chi connectivity index (χ1v) is 5.36. The van der Waals surface area contributed by atoms with E-state index in [2.05, 4.69) is 5.32 Å². The third-order valence-electron chi connectivity index (χ3n) is 3.07. The molecule has 2 amide bonds. The molecule has 0 aromatic carbocycles. The molecule has 1 aliphatic carbocycles. The first-order chi connectivity index (χ1) is 6.38. The van der Waals surface area contributed by atoms with E-state index in [-0.39, 0.29) is 6.03 Å². The van der Waals surface area contributed by atoms with Gasteiger partial charge < -0.3 is 4.90 Å². The van der Waals surface area contributed by atoms with E-state index in [0.717, 1.165) is 19.5 Å². The largest absolute Gasteiger partial charge is 0.339 e. The lowest BCUT2D eigenvalue weighted by molar-refractivity contribution is 0.142. The minimum atomic E-state index is 0.0400. The van der Waals surface area contributed by atoms with Crippen LogP contribution in [0.3, 0.4) is 0 Å². The maximum absolute atomic E-state index is 11.5. The smallest absolute Gasteiger partial charge is 0.320 e. The molecule has 1 heterocycles. The number of carbonyl (C=O) groups is 1. The van der Waals surface area contributed by atoms with Gasteiger partial charge in [0.2, 0.25) is 0 Å². The molecular weight excluding hydrogens is 164 g/mol. The SMILES string of the molecule is O=C1[N]CCCN1C1CCCCC1. The highest BCUT2D eigenvalue weighted by molar-refractivity contribution is 5.74. The fraction of sp³-hybridized carbons (Fsp3) is 0.900. The Balaban J connectivity index is 1.92. The van der Waals surface area contributed by atoms with E-state index >= 15 is 0 Å². The molecule has 13 heavy (non-hydrogen) atoms. The Morgan fingerprint density at radius 1 is 1.15 bits per heavy atom. The van der Waals surface area contributed by atoms with Crippen LogP contribution in [-0.2, 0) is 0 Å². The molecule has 3 heteroatoms. The van der Waals surface area contributed by atoms with E-state index in [4.69, 9.17) is 0 Å². The molecule has 0 aromatic rings. The molecule has 0 aromatic heterocycles. The molecule has 73 valence electrons. The van der Waals surface area contributed by atoms with Crippen LogP contribution in [0.1, 0.15) is 38.5 Å². The minimum Gasteiger partial charge on any atom is -0.320 e. The van der Waals surface area contributed by atoms with Crippen molar-refractivity contribution in [2.45, 2.75) is 44.6 Å². The maximum atomic E-state index is 11.5. The van der Waals surface area contributed by atoms with Gasteiger partial charge in [-0.05, 0) is 19.3 Å². The molecule has 1 aliphatic heterocycles. The van der Waals surface area contributed by atoms with E-state index < -0.39 is 0 Å². The van der Waals surface area contributed by atoms with Gasteiger partial charge >= 0.3 is 6.03 Å². The molecule has 2 rings (SSSR count). The van der Waals surface area contributed by atoms with Crippen LogP contribution in [-0.4, -0.2) is 30.1 Å². The summed E-state index contributed by atoms with van der Waals surface area (Å²) in [5.74, 6) is 0. The standard InChI is InChI=1S/C10H17N2O/c13-10-11-7-4-8-12(10)9-5-2-1-3-6-9/h9H,1-8H2. The lowest BCUT2D eigenvalue weighted by Gasteiger charge is -2.35. The summed E-state index contributed by atoms with van der Waals surface area (Å²) in [4.78, 5) is 13.4. The average Bonchev–Trinajstić information content (AvgIpc) is 2.20. The highest BCUT2D eigenvalue weighted by Gasteiger charge is 2.27. The van der Waals surface area contributed by atoms with Crippen LogP contribution in [0, 0.1) is 0 Å². The van der Waals surface area contributed by atoms with Gasteiger partial charge in [-0.2, -0.15) is 0 Å². The number of hydrogen-bond acceptors (Lipinski definition) is 1. The zero-order chi connectivity index (χ0) is 9.10. The van der Waals surface area contributed by atoms with Crippen molar-refractivity contribution in [1.29, 1.82) is 0 Å². The summed E-state index contributed by atoms with van der Waals surface area (Å²) in [6.45, 7) is 1.68. The zero-order valence-corrected chi connectivity index (χ0v) is 8.04. The van der Waals surface area contributed by atoms with Gasteiger partial charge in [-0.25, -0.2) is 10.1 Å². The van der Waals surface area contributed by atoms with E-state index in [9.17, 15) is 4.79 Å². The normalized spacial score (nSPS) is 25.8. The molecule has 0 N–H and O–H groups in total. The highest BCUT2D eigenvalue weighted by atomic mass is 16.2. The second kappa shape index (κ2) is 3.99.